The van der Waals surface area contributed by atoms with Gasteiger partial charge in [-0.15, -0.1) is 10.2 Å². The summed E-state index contributed by atoms with van der Waals surface area (Å²) >= 11 is 13.7. The van der Waals surface area contributed by atoms with Crippen molar-refractivity contribution in [3.8, 4) is 0 Å². The molecule has 1 amide bonds. The van der Waals surface area contributed by atoms with Crippen molar-refractivity contribution in [1.82, 2.24) is 24.5 Å². The van der Waals surface area contributed by atoms with Crippen molar-refractivity contribution >= 4 is 57.3 Å². The van der Waals surface area contributed by atoms with Gasteiger partial charge in [-0.2, -0.15) is 5.10 Å². The fourth-order valence-corrected chi connectivity index (χ4v) is 5.99. The molecule has 0 saturated carbocycles. The summed E-state index contributed by atoms with van der Waals surface area (Å²) in [6.45, 7) is 0.682. The smallest absolute Gasteiger partial charge is 0.274 e. The number of unbranched alkanes of at least 4 members (excludes halogenated alkanes) is 4. The van der Waals surface area contributed by atoms with E-state index in [1.54, 1.807) is 37.0 Å². The summed E-state index contributed by atoms with van der Waals surface area (Å²) < 4.78 is 3.41. The second-order valence-electron chi connectivity index (χ2n) is 9.76. The van der Waals surface area contributed by atoms with Gasteiger partial charge < -0.3 is 15.0 Å². The standard InChI is InChI=1S/C29H34Cl2N6O3S/c1-36-28(40)22-11-7-6-10-21(22)25(35-36)19-26-33-34-29(37(26)15-9-16-38)41-17-8-4-2-3-5-12-27(39)32-24-14-13-20(30)18-23(24)31/h6-7,10-11,13-14,18,38H,2-5,8-9,12,15-17,19H2,1H3,(H,32,39). The third-order valence-corrected chi connectivity index (χ3v) is 8.28. The average Bonchev–Trinajstić information content (AvgIpc) is 3.34. The number of nitrogens with one attached hydrogen (secondary N) is 1. The van der Waals surface area contributed by atoms with Crippen LogP contribution >= 0.6 is 35.0 Å². The molecule has 0 saturated heterocycles. The molecule has 41 heavy (non-hydrogen) atoms. The van der Waals surface area contributed by atoms with Gasteiger partial charge in [0, 0.05) is 42.8 Å². The number of halogens is 2. The maximum Gasteiger partial charge on any atom is 0.274 e. The van der Waals surface area contributed by atoms with E-state index in [9.17, 15) is 14.7 Å². The third-order valence-electron chi connectivity index (χ3n) is 6.68. The number of aryl methyl sites for hydroxylation is 1. The van der Waals surface area contributed by atoms with Gasteiger partial charge in [-0.1, -0.05) is 72.4 Å². The summed E-state index contributed by atoms with van der Waals surface area (Å²) in [5.41, 5.74) is 1.21. The van der Waals surface area contributed by atoms with Gasteiger partial charge in [0.1, 0.15) is 5.82 Å². The Morgan fingerprint density at radius 3 is 2.54 bits per heavy atom. The van der Waals surface area contributed by atoms with E-state index >= 15 is 0 Å². The quantitative estimate of drug-likeness (QED) is 0.127. The van der Waals surface area contributed by atoms with E-state index in [0.717, 1.165) is 59.9 Å². The molecule has 2 aromatic carbocycles. The maximum atomic E-state index is 12.5. The van der Waals surface area contributed by atoms with Crippen LogP contribution in [0.1, 0.15) is 56.5 Å². The number of anilines is 1. The van der Waals surface area contributed by atoms with Crippen molar-refractivity contribution in [2.75, 3.05) is 17.7 Å². The average molecular weight is 618 g/mol. The van der Waals surface area contributed by atoms with Crippen LogP contribution in [0.4, 0.5) is 5.69 Å². The molecular weight excluding hydrogens is 583 g/mol. The predicted molar refractivity (Wildman–Crippen MR) is 165 cm³/mol. The molecule has 0 bridgehead atoms. The lowest BCUT2D eigenvalue weighted by Crippen LogP contribution is -2.22. The number of aliphatic hydroxyl groups is 1. The molecule has 0 atom stereocenters. The molecule has 12 heteroatoms. The summed E-state index contributed by atoms with van der Waals surface area (Å²) in [5.74, 6) is 1.60. The molecule has 2 N–H and O–H groups in total. The van der Waals surface area contributed by atoms with Gasteiger partial charge in [0.15, 0.2) is 5.16 Å². The van der Waals surface area contributed by atoms with Gasteiger partial charge in [0.25, 0.3) is 5.56 Å². The first kappa shape index (κ1) is 31.0. The van der Waals surface area contributed by atoms with Gasteiger partial charge >= 0.3 is 0 Å². The Bertz CT molecular complexity index is 1540. The largest absolute Gasteiger partial charge is 0.396 e. The van der Waals surface area contributed by atoms with Crippen molar-refractivity contribution in [2.45, 2.75) is 63.1 Å². The second kappa shape index (κ2) is 15.3. The molecule has 218 valence electrons. The number of aliphatic hydroxyl groups excluding tert-OH is 1. The van der Waals surface area contributed by atoms with E-state index in [2.05, 4.69) is 20.6 Å². The van der Waals surface area contributed by atoms with Crippen molar-refractivity contribution < 1.29 is 9.90 Å². The highest BCUT2D eigenvalue weighted by Gasteiger charge is 2.16. The lowest BCUT2D eigenvalue weighted by molar-refractivity contribution is -0.116. The van der Waals surface area contributed by atoms with Crippen LogP contribution in [0.15, 0.2) is 52.4 Å². The van der Waals surface area contributed by atoms with Crippen LogP contribution in [-0.2, 0) is 24.8 Å². The first-order valence-corrected chi connectivity index (χ1v) is 15.5. The molecule has 9 nitrogen and oxygen atoms in total. The summed E-state index contributed by atoms with van der Waals surface area (Å²) in [4.78, 5) is 24.7. The lowest BCUT2D eigenvalue weighted by Gasteiger charge is -2.11. The Hall–Kier alpha value is -2.92. The Balaban J connectivity index is 1.24. The number of hydrogen-bond acceptors (Lipinski definition) is 7. The number of carbonyl (C=O) groups is 1. The third kappa shape index (κ3) is 8.54. The normalized spacial score (nSPS) is 11.3. The summed E-state index contributed by atoms with van der Waals surface area (Å²) in [7, 11) is 1.65. The highest BCUT2D eigenvalue weighted by atomic mass is 35.5. The second-order valence-corrected chi connectivity index (χ2v) is 11.7. The molecular formula is C29H34Cl2N6O3S. The minimum atomic E-state index is -0.131. The molecule has 0 spiro atoms. The van der Waals surface area contributed by atoms with Crippen molar-refractivity contribution in [3.05, 3.63) is 74.4 Å². The highest BCUT2D eigenvalue weighted by Crippen LogP contribution is 2.26. The van der Waals surface area contributed by atoms with Gasteiger partial charge in [0.2, 0.25) is 5.91 Å². The zero-order valence-electron chi connectivity index (χ0n) is 23.0. The molecule has 0 unspecified atom stereocenters. The summed E-state index contributed by atoms with van der Waals surface area (Å²) in [6, 6.07) is 12.5. The van der Waals surface area contributed by atoms with Crippen LogP contribution in [0.5, 0.6) is 0 Å². The van der Waals surface area contributed by atoms with E-state index in [4.69, 9.17) is 23.2 Å². The molecule has 0 radical (unpaired) electrons. The van der Waals surface area contributed by atoms with Crippen LogP contribution in [0.25, 0.3) is 10.8 Å². The number of aromatic nitrogens is 5. The van der Waals surface area contributed by atoms with Gasteiger partial charge in [0.05, 0.1) is 28.2 Å². The van der Waals surface area contributed by atoms with Crippen LogP contribution in [0, 0.1) is 0 Å². The Kier molecular flexibility index (Phi) is 11.6. The van der Waals surface area contributed by atoms with Crippen LogP contribution in [-0.4, -0.2) is 47.9 Å². The van der Waals surface area contributed by atoms with E-state index < -0.39 is 0 Å². The molecule has 0 aliphatic carbocycles. The van der Waals surface area contributed by atoms with E-state index in [-0.39, 0.29) is 18.1 Å². The molecule has 0 aliphatic rings. The Morgan fingerprint density at radius 1 is 1.00 bits per heavy atom. The maximum absolute atomic E-state index is 12.5. The van der Waals surface area contributed by atoms with Crippen LogP contribution in [0.2, 0.25) is 10.0 Å². The number of nitrogens with zero attached hydrogens (tertiary/aromatic N) is 5. The molecule has 4 rings (SSSR count). The number of amides is 1. The number of hydrogen-bond donors (Lipinski definition) is 2. The minimum Gasteiger partial charge on any atom is -0.396 e. The zero-order chi connectivity index (χ0) is 29.2. The van der Waals surface area contributed by atoms with E-state index in [0.29, 0.717) is 46.9 Å². The number of thioether (sulfide) groups is 1. The number of fused-ring (bicyclic) bond motifs is 1. The molecule has 2 heterocycles. The monoisotopic (exact) mass is 616 g/mol. The summed E-state index contributed by atoms with van der Waals surface area (Å²) in [5, 5.41) is 28.9. The van der Waals surface area contributed by atoms with E-state index in [1.807, 2.05) is 28.8 Å². The van der Waals surface area contributed by atoms with Gasteiger partial charge in [-0.3, -0.25) is 9.59 Å². The first-order chi connectivity index (χ1) is 19.9. The number of rotatable bonds is 15. The van der Waals surface area contributed by atoms with Gasteiger partial charge in [-0.25, -0.2) is 4.68 Å². The Morgan fingerprint density at radius 2 is 1.76 bits per heavy atom. The Labute approximate surface area is 253 Å². The number of benzene rings is 2. The van der Waals surface area contributed by atoms with Crippen molar-refractivity contribution in [1.29, 1.82) is 0 Å². The van der Waals surface area contributed by atoms with Crippen molar-refractivity contribution in [2.24, 2.45) is 7.05 Å². The molecule has 0 fully saturated rings. The minimum absolute atomic E-state index is 0.0521. The highest BCUT2D eigenvalue weighted by molar-refractivity contribution is 7.99. The molecule has 2 aromatic heterocycles. The van der Waals surface area contributed by atoms with E-state index in [1.165, 1.54) is 4.68 Å². The zero-order valence-corrected chi connectivity index (χ0v) is 25.3. The van der Waals surface area contributed by atoms with Gasteiger partial charge in [-0.05, 0) is 43.5 Å². The SMILES string of the molecule is Cn1nc(Cc2nnc(SCCCCCCCC(=O)Nc3ccc(Cl)cc3Cl)n2CCCO)c2ccccc2c1=O. The fraction of sp³-hybridized carbons (Fsp3) is 0.414. The first-order valence-electron chi connectivity index (χ1n) is 13.7. The van der Waals surface area contributed by atoms with Crippen molar-refractivity contribution in [3.63, 3.8) is 0 Å². The lowest BCUT2D eigenvalue weighted by atomic mass is 10.1. The molecule has 0 aliphatic heterocycles. The van der Waals surface area contributed by atoms with Crippen LogP contribution < -0.4 is 10.9 Å². The summed E-state index contributed by atoms with van der Waals surface area (Å²) in [6.07, 6.45) is 6.40. The van der Waals surface area contributed by atoms with Crippen LogP contribution in [0.3, 0.4) is 0 Å². The number of carbonyl (C=O) groups excluding carboxylic acids is 1. The fourth-order valence-electron chi connectivity index (χ4n) is 4.55. The predicted octanol–water partition coefficient (Wildman–Crippen LogP) is 5.88. The topological polar surface area (TPSA) is 115 Å². The molecule has 4 aromatic rings.